The summed E-state index contributed by atoms with van der Waals surface area (Å²) in [5.74, 6) is -1.67. The highest BCUT2D eigenvalue weighted by molar-refractivity contribution is 6.30. The molecule has 6 nitrogen and oxygen atoms in total. The first-order valence-electron chi connectivity index (χ1n) is 10.1. The van der Waals surface area contributed by atoms with Crippen LogP contribution in [0.3, 0.4) is 0 Å². The van der Waals surface area contributed by atoms with E-state index < -0.39 is 23.6 Å². The van der Waals surface area contributed by atoms with E-state index in [9.17, 15) is 27.5 Å². The monoisotopic (exact) mass is 504 g/mol. The van der Waals surface area contributed by atoms with Crippen LogP contribution in [0.25, 0.3) is 11.3 Å². The Balaban J connectivity index is 1.74. The lowest BCUT2D eigenvalue weighted by Gasteiger charge is -2.24. The molecule has 11 heteroatoms. The Morgan fingerprint density at radius 3 is 2.40 bits per heavy atom. The number of rotatable bonds is 5. The minimum absolute atomic E-state index is 0.0241. The molecule has 0 saturated carbocycles. The van der Waals surface area contributed by atoms with E-state index in [4.69, 9.17) is 11.6 Å². The van der Waals surface area contributed by atoms with Crippen molar-refractivity contribution in [1.82, 2.24) is 14.8 Å². The number of aromatic hydroxyl groups is 1. The number of phenolic OH excluding ortho intramolecular Hbond substituents is 1. The van der Waals surface area contributed by atoms with Crippen molar-refractivity contribution in [2.24, 2.45) is 7.05 Å². The summed E-state index contributed by atoms with van der Waals surface area (Å²) in [7, 11) is 1.32. The Kier molecular flexibility index (Phi) is 6.49. The molecule has 4 rings (SSSR count). The van der Waals surface area contributed by atoms with Gasteiger partial charge in [-0.2, -0.15) is 18.3 Å². The van der Waals surface area contributed by atoms with Crippen LogP contribution in [0.4, 0.5) is 23.2 Å². The van der Waals surface area contributed by atoms with Crippen LogP contribution in [-0.2, 0) is 19.8 Å². The second-order valence-corrected chi connectivity index (χ2v) is 8.08. The SMILES string of the molecule is Cn1nc(C(F)(F)F)cc1-c1ccc(N(Cc2ccc(Cl)cc2)C(=O)c2cncc(F)c2)cc1O. The summed E-state index contributed by atoms with van der Waals surface area (Å²) in [5.41, 5.74) is -0.0803. The standard InChI is InChI=1S/C24H17ClF4N4O2/c1-32-20(10-22(31-32)24(27,28)29)19-7-6-18(9-21(19)34)33(13-14-2-4-16(25)5-3-14)23(35)15-8-17(26)12-30-11-15/h2-12,34H,13H2,1H3. The van der Waals surface area contributed by atoms with Gasteiger partial charge in [0.2, 0.25) is 0 Å². The molecule has 0 atom stereocenters. The molecule has 0 bridgehead atoms. The summed E-state index contributed by atoms with van der Waals surface area (Å²) in [6.07, 6.45) is -2.47. The number of aryl methyl sites for hydroxylation is 1. The van der Waals surface area contributed by atoms with E-state index in [1.807, 2.05) is 0 Å². The van der Waals surface area contributed by atoms with Gasteiger partial charge in [0, 0.05) is 35.6 Å². The second-order valence-electron chi connectivity index (χ2n) is 7.65. The number of anilines is 1. The Bertz CT molecular complexity index is 1390. The molecule has 0 fully saturated rings. The van der Waals surface area contributed by atoms with Crippen LogP contribution in [0, 0.1) is 5.82 Å². The van der Waals surface area contributed by atoms with Gasteiger partial charge in [-0.3, -0.25) is 14.5 Å². The van der Waals surface area contributed by atoms with Gasteiger partial charge in [0.1, 0.15) is 11.6 Å². The summed E-state index contributed by atoms with van der Waals surface area (Å²) in [6, 6.07) is 12.6. The molecule has 1 N–H and O–H groups in total. The first-order valence-corrected chi connectivity index (χ1v) is 10.5. The van der Waals surface area contributed by atoms with Crippen molar-refractivity contribution in [3.8, 4) is 17.0 Å². The molecule has 0 aliphatic heterocycles. The lowest BCUT2D eigenvalue weighted by atomic mass is 10.1. The number of aromatic nitrogens is 3. The molecule has 180 valence electrons. The molecule has 4 aromatic rings. The predicted molar refractivity (Wildman–Crippen MR) is 121 cm³/mol. The summed E-state index contributed by atoms with van der Waals surface area (Å²) in [5, 5.41) is 14.6. The first kappa shape index (κ1) is 24.2. The molecule has 0 unspecified atom stereocenters. The number of benzene rings is 2. The maximum atomic E-state index is 13.7. The zero-order chi connectivity index (χ0) is 25.3. The van der Waals surface area contributed by atoms with Crippen molar-refractivity contribution < 1.29 is 27.5 Å². The van der Waals surface area contributed by atoms with E-state index in [0.29, 0.717) is 10.6 Å². The molecule has 0 aliphatic rings. The third-order valence-electron chi connectivity index (χ3n) is 5.19. The first-order chi connectivity index (χ1) is 16.5. The number of alkyl halides is 3. The zero-order valence-corrected chi connectivity index (χ0v) is 18.8. The fraction of sp³-hybridized carbons (Fsp3) is 0.125. The number of carbonyl (C=O) groups excluding carboxylic acids is 1. The molecule has 35 heavy (non-hydrogen) atoms. The van der Waals surface area contributed by atoms with Crippen molar-refractivity contribution in [1.29, 1.82) is 0 Å². The molecular weight excluding hydrogens is 488 g/mol. The minimum atomic E-state index is -4.65. The highest BCUT2D eigenvalue weighted by Gasteiger charge is 2.35. The van der Waals surface area contributed by atoms with Crippen LogP contribution in [0.5, 0.6) is 5.75 Å². The maximum Gasteiger partial charge on any atom is 0.435 e. The molecule has 2 heterocycles. The highest BCUT2D eigenvalue weighted by atomic mass is 35.5. The quantitative estimate of drug-likeness (QED) is 0.346. The van der Waals surface area contributed by atoms with E-state index in [2.05, 4.69) is 10.1 Å². The van der Waals surface area contributed by atoms with Crippen molar-refractivity contribution >= 4 is 23.2 Å². The summed E-state index contributed by atoms with van der Waals surface area (Å²) in [6.45, 7) is 0.0369. The molecule has 0 radical (unpaired) electrons. The zero-order valence-electron chi connectivity index (χ0n) is 18.1. The van der Waals surface area contributed by atoms with Crippen LogP contribution < -0.4 is 4.90 Å². The van der Waals surface area contributed by atoms with Crippen LogP contribution in [0.1, 0.15) is 21.6 Å². The number of hydrogen-bond donors (Lipinski definition) is 1. The average molecular weight is 505 g/mol. The summed E-state index contributed by atoms with van der Waals surface area (Å²) in [4.78, 5) is 18.3. The molecule has 0 aliphatic carbocycles. The lowest BCUT2D eigenvalue weighted by molar-refractivity contribution is -0.141. The second kappa shape index (κ2) is 9.38. The van der Waals surface area contributed by atoms with Gasteiger partial charge in [-0.05, 0) is 42.0 Å². The van der Waals surface area contributed by atoms with Gasteiger partial charge in [0.05, 0.1) is 24.0 Å². The van der Waals surface area contributed by atoms with Crippen molar-refractivity contribution in [3.05, 3.63) is 94.7 Å². The van der Waals surface area contributed by atoms with Gasteiger partial charge in [-0.15, -0.1) is 0 Å². The van der Waals surface area contributed by atoms with E-state index in [-0.39, 0.29) is 34.8 Å². The fourth-order valence-corrected chi connectivity index (χ4v) is 3.63. The van der Waals surface area contributed by atoms with Crippen molar-refractivity contribution in [2.75, 3.05) is 4.90 Å². The Hall–Kier alpha value is -3.92. The Labute approximate surface area is 202 Å². The molecule has 0 spiro atoms. The Morgan fingerprint density at radius 2 is 1.80 bits per heavy atom. The van der Waals surface area contributed by atoms with Crippen molar-refractivity contribution in [3.63, 3.8) is 0 Å². The third kappa shape index (κ3) is 5.27. The molecule has 0 saturated heterocycles. The molecular formula is C24H17ClF4N4O2. The van der Waals surface area contributed by atoms with Gasteiger partial charge >= 0.3 is 6.18 Å². The largest absolute Gasteiger partial charge is 0.507 e. The number of carbonyl (C=O) groups is 1. The average Bonchev–Trinajstić information content (AvgIpc) is 3.20. The number of pyridine rings is 1. The molecule has 2 aromatic heterocycles. The third-order valence-corrected chi connectivity index (χ3v) is 5.44. The van der Waals surface area contributed by atoms with E-state index in [1.165, 1.54) is 36.3 Å². The predicted octanol–water partition coefficient (Wildman–Crippen LogP) is 5.85. The van der Waals surface area contributed by atoms with Gasteiger partial charge in [-0.1, -0.05) is 23.7 Å². The van der Waals surface area contributed by atoms with Gasteiger partial charge < -0.3 is 10.0 Å². The van der Waals surface area contributed by atoms with Crippen LogP contribution >= 0.6 is 11.6 Å². The van der Waals surface area contributed by atoms with E-state index >= 15 is 0 Å². The summed E-state index contributed by atoms with van der Waals surface area (Å²) >= 11 is 5.94. The maximum absolute atomic E-state index is 13.7. The number of amides is 1. The fourth-order valence-electron chi connectivity index (χ4n) is 3.50. The van der Waals surface area contributed by atoms with Crippen LogP contribution in [0.2, 0.25) is 5.02 Å². The number of phenols is 1. The van der Waals surface area contributed by atoms with E-state index in [0.717, 1.165) is 23.0 Å². The van der Waals surface area contributed by atoms with Crippen LogP contribution in [0.15, 0.2) is 67.0 Å². The lowest BCUT2D eigenvalue weighted by Crippen LogP contribution is -2.30. The van der Waals surface area contributed by atoms with Crippen LogP contribution in [-0.4, -0.2) is 25.8 Å². The number of halogens is 5. The smallest absolute Gasteiger partial charge is 0.435 e. The van der Waals surface area contributed by atoms with E-state index in [1.54, 1.807) is 24.3 Å². The molecule has 1 amide bonds. The number of nitrogens with zero attached hydrogens (tertiary/aromatic N) is 4. The minimum Gasteiger partial charge on any atom is -0.507 e. The molecule has 2 aromatic carbocycles. The summed E-state index contributed by atoms with van der Waals surface area (Å²) < 4.78 is 53.9. The normalized spacial score (nSPS) is 11.5. The van der Waals surface area contributed by atoms with Gasteiger partial charge in [-0.25, -0.2) is 4.39 Å². The Morgan fingerprint density at radius 1 is 1.09 bits per heavy atom. The van der Waals surface area contributed by atoms with Gasteiger partial charge in [0.15, 0.2) is 5.69 Å². The van der Waals surface area contributed by atoms with Crippen molar-refractivity contribution in [2.45, 2.75) is 12.7 Å². The topological polar surface area (TPSA) is 71.2 Å². The highest BCUT2D eigenvalue weighted by Crippen LogP contribution is 2.37. The van der Waals surface area contributed by atoms with Gasteiger partial charge in [0.25, 0.3) is 5.91 Å². The number of hydrogen-bond acceptors (Lipinski definition) is 4.